The maximum absolute atomic E-state index is 13.4. The van der Waals surface area contributed by atoms with E-state index in [2.05, 4.69) is 44.2 Å². The van der Waals surface area contributed by atoms with Gasteiger partial charge in [0.25, 0.3) is 0 Å². The molecular weight excluding hydrogens is 328 g/mol. The number of carbonyl (C=O) groups excluding carboxylic acids is 1. The van der Waals surface area contributed by atoms with Gasteiger partial charge >= 0.3 is 0 Å². The molecule has 0 saturated heterocycles. The number of carbonyl (C=O) groups is 1. The van der Waals surface area contributed by atoms with Crippen molar-refractivity contribution in [3.05, 3.63) is 41.5 Å². The first kappa shape index (κ1) is 17.7. The minimum Gasteiger partial charge on any atom is -0.294 e. The van der Waals surface area contributed by atoms with E-state index in [1.807, 2.05) is 6.07 Å². The molecule has 6 atom stereocenters. The molecule has 1 heteroatoms. The van der Waals surface area contributed by atoms with Crippen LogP contribution in [0.4, 0.5) is 0 Å². The predicted octanol–water partition coefficient (Wildman–Crippen LogP) is 6.68. The highest BCUT2D eigenvalue weighted by Crippen LogP contribution is 2.66. The predicted molar refractivity (Wildman–Crippen MR) is 111 cm³/mol. The molecule has 4 aliphatic rings. The van der Waals surface area contributed by atoms with Crippen LogP contribution >= 0.6 is 0 Å². The molecule has 5 rings (SSSR count). The van der Waals surface area contributed by atoms with E-state index >= 15 is 0 Å². The quantitative estimate of drug-likeness (QED) is 0.509. The molecule has 0 spiro atoms. The van der Waals surface area contributed by atoms with Crippen LogP contribution in [0.15, 0.2) is 35.9 Å². The highest BCUT2D eigenvalue weighted by atomic mass is 16.1. The zero-order valence-electron chi connectivity index (χ0n) is 17.0. The Kier molecular flexibility index (Phi) is 4.15. The van der Waals surface area contributed by atoms with E-state index in [0.717, 1.165) is 36.2 Å². The van der Waals surface area contributed by atoms with Gasteiger partial charge in [0.15, 0.2) is 5.78 Å². The van der Waals surface area contributed by atoms with Gasteiger partial charge in [-0.1, -0.05) is 57.0 Å². The lowest BCUT2D eigenvalue weighted by molar-refractivity contribution is -0.137. The normalized spacial score (nSPS) is 45.3. The molecule has 0 heterocycles. The van der Waals surface area contributed by atoms with Crippen molar-refractivity contribution in [2.75, 3.05) is 0 Å². The van der Waals surface area contributed by atoms with Crippen LogP contribution in [0.2, 0.25) is 0 Å². The van der Waals surface area contributed by atoms with Gasteiger partial charge in [-0.3, -0.25) is 4.79 Å². The molecule has 27 heavy (non-hydrogen) atoms. The third-order valence-electron chi connectivity index (χ3n) is 9.36. The molecule has 1 aromatic carbocycles. The number of Topliss-reactive ketones (excluding diaryl/α,β-unsaturated/α-hetero) is 1. The van der Waals surface area contributed by atoms with Gasteiger partial charge in [-0.05, 0) is 91.2 Å². The largest absolute Gasteiger partial charge is 0.294 e. The molecule has 4 fully saturated rings. The third kappa shape index (κ3) is 2.60. The van der Waals surface area contributed by atoms with E-state index in [9.17, 15) is 4.79 Å². The van der Waals surface area contributed by atoms with Crippen molar-refractivity contribution in [1.82, 2.24) is 0 Å². The van der Waals surface area contributed by atoms with E-state index in [-0.39, 0.29) is 5.41 Å². The summed E-state index contributed by atoms with van der Waals surface area (Å²) in [6.45, 7) is 4.92. The van der Waals surface area contributed by atoms with E-state index in [0.29, 0.717) is 17.1 Å². The van der Waals surface area contributed by atoms with Gasteiger partial charge < -0.3 is 0 Å². The number of hydrogen-bond donors (Lipinski definition) is 0. The molecule has 1 aromatic rings. The Balaban J connectivity index is 1.47. The van der Waals surface area contributed by atoms with Crippen molar-refractivity contribution < 1.29 is 4.79 Å². The van der Waals surface area contributed by atoms with Crippen molar-refractivity contribution in [2.45, 2.75) is 71.6 Å². The topological polar surface area (TPSA) is 17.1 Å². The van der Waals surface area contributed by atoms with Gasteiger partial charge in [0, 0.05) is 5.41 Å². The zero-order valence-corrected chi connectivity index (χ0v) is 17.0. The highest BCUT2D eigenvalue weighted by molar-refractivity contribution is 6.05. The van der Waals surface area contributed by atoms with Crippen molar-refractivity contribution in [2.24, 2.45) is 34.5 Å². The minimum absolute atomic E-state index is 0.0976. The second kappa shape index (κ2) is 6.33. The number of ketones is 1. The first-order chi connectivity index (χ1) is 13.0. The summed E-state index contributed by atoms with van der Waals surface area (Å²) in [5.74, 6) is 3.63. The monoisotopic (exact) mass is 362 g/mol. The molecule has 0 N–H and O–H groups in total. The summed E-state index contributed by atoms with van der Waals surface area (Å²) in [7, 11) is 0. The Morgan fingerprint density at radius 3 is 2.56 bits per heavy atom. The van der Waals surface area contributed by atoms with Crippen molar-refractivity contribution >= 4 is 11.9 Å². The Bertz CT molecular complexity index is 762. The summed E-state index contributed by atoms with van der Waals surface area (Å²) in [6.07, 6.45) is 14.2. The molecule has 0 radical (unpaired) electrons. The molecule has 0 amide bonds. The number of hydrogen-bond acceptors (Lipinski definition) is 1. The van der Waals surface area contributed by atoms with Crippen LogP contribution in [0.3, 0.4) is 0 Å². The fraction of sp³-hybridized carbons (Fsp3) is 0.654. The number of benzene rings is 1. The maximum Gasteiger partial charge on any atom is 0.165 e. The fourth-order valence-corrected chi connectivity index (χ4v) is 7.85. The van der Waals surface area contributed by atoms with Gasteiger partial charge in [0.2, 0.25) is 0 Å². The molecule has 6 unspecified atom stereocenters. The van der Waals surface area contributed by atoms with Crippen molar-refractivity contribution in [3.63, 3.8) is 0 Å². The second-order valence-electron chi connectivity index (χ2n) is 10.5. The first-order valence-electron chi connectivity index (χ1n) is 11.3. The Morgan fingerprint density at radius 1 is 0.926 bits per heavy atom. The number of fused-ring (bicyclic) bond motifs is 5. The third-order valence-corrected chi connectivity index (χ3v) is 9.36. The summed E-state index contributed by atoms with van der Waals surface area (Å²) in [5.41, 5.74) is 2.74. The Hall–Kier alpha value is -1.37. The van der Waals surface area contributed by atoms with Gasteiger partial charge in [0.1, 0.15) is 0 Å². The Labute approximate surface area is 164 Å². The summed E-state index contributed by atoms with van der Waals surface area (Å²) in [4.78, 5) is 13.4. The highest BCUT2D eigenvalue weighted by Gasteiger charge is 2.60. The van der Waals surface area contributed by atoms with Crippen LogP contribution in [0, 0.1) is 34.5 Å². The van der Waals surface area contributed by atoms with Crippen LogP contribution in [-0.2, 0) is 4.79 Å². The number of allylic oxidation sites excluding steroid dienone is 1. The minimum atomic E-state index is -0.0976. The lowest BCUT2D eigenvalue weighted by atomic mass is 9.45. The Morgan fingerprint density at radius 2 is 1.74 bits per heavy atom. The molecule has 4 saturated carbocycles. The standard InChI is InChI=1S/C26H34O/c1-25-14-7-6-10-20(25)11-12-21-22(25)13-15-26(2)23(21)17-19(24(26)27)16-18-8-4-3-5-9-18/h3-5,8-9,16,20-23H,6-7,10-15,17H2,1-2H3/b19-16+. The van der Waals surface area contributed by atoms with Crippen LogP contribution in [-0.4, -0.2) is 5.78 Å². The van der Waals surface area contributed by atoms with E-state index in [1.165, 1.54) is 50.5 Å². The summed E-state index contributed by atoms with van der Waals surface area (Å²) >= 11 is 0. The molecule has 1 nitrogen and oxygen atoms in total. The average molecular weight is 363 g/mol. The molecule has 0 aliphatic heterocycles. The van der Waals surface area contributed by atoms with E-state index in [1.54, 1.807) is 0 Å². The van der Waals surface area contributed by atoms with Crippen LogP contribution < -0.4 is 0 Å². The van der Waals surface area contributed by atoms with E-state index in [4.69, 9.17) is 0 Å². The summed E-state index contributed by atoms with van der Waals surface area (Å²) in [6, 6.07) is 10.4. The van der Waals surface area contributed by atoms with Crippen LogP contribution in [0.1, 0.15) is 77.2 Å². The van der Waals surface area contributed by atoms with Crippen LogP contribution in [0.5, 0.6) is 0 Å². The fourth-order valence-electron chi connectivity index (χ4n) is 7.85. The molecule has 4 aliphatic carbocycles. The average Bonchev–Trinajstić information content (AvgIpc) is 2.93. The summed E-state index contributed by atoms with van der Waals surface area (Å²) in [5, 5.41) is 0. The lowest BCUT2D eigenvalue weighted by Gasteiger charge is -2.59. The lowest BCUT2D eigenvalue weighted by Crippen LogP contribution is -2.52. The molecule has 0 aromatic heterocycles. The molecular formula is C26H34O. The van der Waals surface area contributed by atoms with E-state index < -0.39 is 0 Å². The van der Waals surface area contributed by atoms with Crippen molar-refractivity contribution in [3.8, 4) is 0 Å². The maximum atomic E-state index is 13.4. The molecule has 0 bridgehead atoms. The van der Waals surface area contributed by atoms with Crippen molar-refractivity contribution in [1.29, 1.82) is 0 Å². The van der Waals surface area contributed by atoms with Gasteiger partial charge in [-0.25, -0.2) is 0 Å². The first-order valence-corrected chi connectivity index (χ1v) is 11.3. The SMILES string of the molecule is CC12CCC3C(CCC4CCCCC43C)C1C/C(=C\c1ccccc1)C2=O. The zero-order chi connectivity index (χ0) is 18.6. The number of rotatable bonds is 1. The van der Waals surface area contributed by atoms with Crippen LogP contribution in [0.25, 0.3) is 6.08 Å². The molecule has 144 valence electrons. The second-order valence-corrected chi connectivity index (χ2v) is 10.5. The van der Waals surface area contributed by atoms with Gasteiger partial charge in [0.05, 0.1) is 0 Å². The smallest absolute Gasteiger partial charge is 0.165 e. The summed E-state index contributed by atoms with van der Waals surface area (Å²) < 4.78 is 0. The van der Waals surface area contributed by atoms with Gasteiger partial charge in [-0.15, -0.1) is 0 Å². The van der Waals surface area contributed by atoms with Gasteiger partial charge in [-0.2, -0.15) is 0 Å².